The van der Waals surface area contributed by atoms with Gasteiger partial charge < -0.3 is 5.32 Å². The van der Waals surface area contributed by atoms with Crippen LogP contribution in [0.15, 0.2) is 30.6 Å². The largest absolute Gasteiger partial charge is 0.380 e. The monoisotopic (exact) mass is 237 g/mol. The fourth-order valence-corrected chi connectivity index (χ4v) is 1.60. The van der Waals surface area contributed by atoms with Gasteiger partial charge in [0.05, 0.1) is 6.20 Å². The Morgan fingerprint density at radius 2 is 2.00 bits per heavy atom. The van der Waals surface area contributed by atoms with Gasteiger partial charge in [-0.05, 0) is 24.1 Å². The smallest absolute Gasteiger partial charge is 0.149 e. The van der Waals surface area contributed by atoms with Gasteiger partial charge >= 0.3 is 0 Å². The highest BCUT2D eigenvalue weighted by atomic mass is 19.1. The Morgan fingerprint density at radius 1 is 1.29 bits per heavy atom. The van der Waals surface area contributed by atoms with Crippen LogP contribution in [-0.4, -0.2) is 16.3 Å². The Hall–Kier alpha value is -1.91. The molecule has 0 radical (unpaired) electrons. The van der Waals surface area contributed by atoms with Gasteiger partial charge in [-0.15, -0.1) is 0 Å². The van der Waals surface area contributed by atoms with Crippen molar-refractivity contribution in [2.45, 2.75) is 6.42 Å². The van der Waals surface area contributed by atoms with Crippen molar-refractivity contribution in [3.63, 3.8) is 0 Å². The second kappa shape index (κ2) is 4.95. The number of nitrogens with zero attached hydrogens (tertiary/aromatic N) is 2. The lowest BCUT2D eigenvalue weighted by molar-refractivity contribution is 0.588. The molecule has 1 aromatic carbocycles. The molecule has 0 amide bonds. The van der Waals surface area contributed by atoms with Crippen molar-refractivity contribution >= 4 is 5.69 Å². The number of aromatic nitrogens is 2. The summed E-state index contributed by atoms with van der Waals surface area (Å²) in [5.74, 6) is -1.15. The highest BCUT2D eigenvalue weighted by Crippen LogP contribution is 2.17. The fraction of sp³-hybridized carbons (Fsp3) is 0.250. The topological polar surface area (TPSA) is 29.9 Å². The van der Waals surface area contributed by atoms with Crippen LogP contribution < -0.4 is 5.32 Å². The minimum absolute atomic E-state index is 0.0728. The number of rotatable bonds is 4. The third-order valence-electron chi connectivity index (χ3n) is 2.44. The molecule has 0 aliphatic heterocycles. The first-order chi connectivity index (χ1) is 8.16. The molecule has 1 N–H and O–H groups in total. The summed E-state index contributed by atoms with van der Waals surface area (Å²) in [7, 11) is 1.83. The molecule has 3 nitrogen and oxygen atoms in total. The summed E-state index contributed by atoms with van der Waals surface area (Å²) in [4.78, 5) is 0. The van der Waals surface area contributed by atoms with Crippen molar-refractivity contribution in [3.05, 3.63) is 47.8 Å². The lowest BCUT2D eigenvalue weighted by atomic mass is 10.2. The average Bonchev–Trinajstić information content (AvgIpc) is 2.69. The molecule has 0 aliphatic rings. The first-order valence-electron chi connectivity index (χ1n) is 5.32. The minimum atomic E-state index is -0.573. The molecular weight excluding hydrogens is 224 g/mol. The second-order valence-electron chi connectivity index (χ2n) is 3.80. The molecule has 1 aromatic heterocycles. The minimum Gasteiger partial charge on any atom is -0.380 e. The maximum Gasteiger partial charge on any atom is 0.149 e. The van der Waals surface area contributed by atoms with E-state index in [1.807, 2.05) is 13.2 Å². The van der Waals surface area contributed by atoms with Crippen molar-refractivity contribution in [1.82, 2.24) is 9.78 Å². The van der Waals surface area contributed by atoms with Gasteiger partial charge in [0.15, 0.2) is 0 Å². The first-order valence-corrected chi connectivity index (χ1v) is 5.32. The van der Waals surface area contributed by atoms with E-state index in [0.29, 0.717) is 13.0 Å². The molecule has 0 spiro atoms. The van der Waals surface area contributed by atoms with E-state index >= 15 is 0 Å². The zero-order valence-corrected chi connectivity index (χ0v) is 9.45. The Balaban J connectivity index is 1.94. The van der Waals surface area contributed by atoms with Gasteiger partial charge in [0, 0.05) is 19.8 Å². The van der Waals surface area contributed by atoms with E-state index in [-0.39, 0.29) is 5.69 Å². The summed E-state index contributed by atoms with van der Waals surface area (Å²) in [6, 6.07) is 3.81. The van der Waals surface area contributed by atoms with Crippen molar-refractivity contribution in [2.24, 2.45) is 7.05 Å². The number of aryl methyl sites for hydroxylation is 1. The van der Waals surface area contributed by atoms with Crippen LogP contribution >= 0.6 is 0 Å². The van der Waals surface area contributed by atoms with E-state index in [0.717, 1.165) is 5.56 Å². The summed E-state index contributed by atoms with van der Waals surface area (Å²) in [6.07, 6.45) is 4.28. The van der Waals surface area contributed by atoms with Crippen LogP contribution in [0, 0.1) is 11.6 Å². The maximum atomic E-state index is 13.3. The Labute approximate surface area is 98.1 Å². The molecule has 0 aliphatic carbocycles. The van der Waals surface area contributed by atoms with E-state index < -0.39 is 11.6 Å². The summed E-state index contributed by atoms with van der Waals surface area (Å²) in [5, 5.41) is 6.77. The predicted molar refractivity (Wildman–Crippen MR) is 61.8 cm³/mol. The molecule has 17 heavy (non-hydrogen) atoms. The van der Waals surface area contributed by atoms with Crippen LogP contribution in [0.4, 0.5) is 14.5 Å². The molecule has 0 saturated carbocycles. The van der Waals surface area contributed by atoms with E-state index in [1.165, 1.54) is 18.2 Å². The number of benzene rings is 1. The van der Waals surface area contributed by atoms with Gasteiger partial charge in [0.2, 0.25) is 0 Å². The van der Waals surface area contributed by atoms with Crippen molar-refractivity contribution in [2.75, 3.05) is 11.9 Å². The fourth-order valence-electron chi connectivity index (χ4n) is 1.60. The van der Waals surface area contributed by atoms with Crippen LogP contribution in [-0.2, 0) is 13.5 Å². The lowest BCUT2D eigenvalue weighted by Crippen LogP contribution is -2.07. The Kier molecular flexibility index (Phi) is 3.37. The maximum absolute atomic E-state index is 13.3. The number of nitrogens with one attached hydrogen (secondary N) is 1. The molecule has 0 bridgehead atoms. The molecule has 0 fully saturated rings. The van der Waals surface area contributed by atoms with Crippen LogP contribution in [0.1, 0.15) is 5.56 Å². The SMILES string of the molecule is Cn1cc(CCNc2c(F)cccc2F)cn1. The van der Waals surface area contributed by atoms with E-state index in [9.17, 15) is 8.78 Å². The summed E-state index contributed by atoms with van der Waals surface area (Å²) in [5.41, 5.74) is 0.952. The summed E-state index contributed by atoms with van der Waals surface area (Å²) >= 11 is 0. The first kappa shape index (κ1) is 11.6. The predicted octanol–water partition coefficient (Wildman–Crippen LogP) is 2.35. The van der Waals surface area contributed by atoms with Gasteiger partial charge in [-0.1, -0.05) is 6.07 Å². The molecular formula is C12H13F2N3. The number of para-hydroxylation sites is 1. The van der Waals surface area contributed by atoms with E-state index in [1.54, 1.807) is 10.9 Å². The van der Waals surface area contributed by atoms with Gasteiger partial charge in [-0.2, -0.15) is 5.10 Å². The van der Waals surface area contributed by atoms with Crippen molar-refractivity contribution < 1.29 is 8.78 Å². The molecule has 2 aromatic rings. The average molecular weight is 237 g/mol. The normalized spacial score (nSPS) is 10.5. The van der Waals surface area contributed by atoms with Crippen LogP contribution in [0.3, 0.4) is 0 Å². The zero-order chi connectivity index (χ0) is 12.3. The van der Waals surface area contributed by atoms with Gasteiger partial charge in [0.25, 0.3) is 0 Å². The number of hydrogen-bond acceptors (Lipinski definition) is 2. The van der Waals surface area contributed by atoms with Crippen molar-refractivity contribution in [1.29, 1.82) is 0 Å². The molecule has 0 unspecified atom stereocenters. The second-order valence-corrected chi connectivity index (χ2v) is 3.80. The third-order valence-corrected chi connectivity index (χ3v) is 2.44. The highest BCUT2D eigenvalue weighted by molar-refractivity contribution is 5.46. The van der Waals surface area contributed by atoms with Crippen molar-refractivity contribution in [3.8, 4) is 0 Å². The molecule has 1 heterocycles. The lowest BCUT2D eigenvalue weighted by Gasteiger charge is -2.07. The molecule has 90 valence electrons. The molecule has 2 rings (SSSR count). The number of halogens is 2. The summed E-state index contributed by atoms with van der Waals surface area (Å²) in [6.45, 7) is 0.462. The molecule has 0 saturated heterocycles. The van der Waals surface area contributed by atoms with Gasteiger partial charge in [-0.3, -0.25) is 4.68 Å². The number of hydrogen-bond donors (Lipinski definition) is 1. The van der Waals surface area contributed by atoms with Gasteiger partial charge in [0.1, 0.15) is 17.3 Å². The Morgan fingerprint density at radius 3 is 2.59 bits per heavy atom. The molecule has 0 atom stereocenters. The van der Waals surface area contributed by atoms with E-state index in [4.69, 9.17) is 0 Å². The van der Waals surface area contributed by atoms with Crippen LogP contribution in [0.25, 0.3) is 0 Å². The third kappa shape index (κ3) is 2.81. The van der Waals surface area contributed by atoms with Gasteiger partial charge in [-0.25, -0.2) is 8.78 Å². The highest BCUT2D eigenvalue weighted by Gasteiger charge is 2.07. The zero-order valence-electron chi connectivity index (χ0n) is 9.45. The Bertz CT molecular complexity index is 488. The molecule has 5 heteroatoms. The number of anilines is 1. The summed E-state index contributed by atoms with van der Waals surface area (Å²) < 4.78 is 28.2. The standard InChI is InChI=1S/C12H13F2N3/c1-17-8-9(7-16-17)5-6-15-12-10(13)3-2-4-11(12)14/h2-4,7-8,15H,5-6H2,1H3. The quantitative estimate of drug-likeness (QED) is 0.884. The van der Waals surface area contributed by atoms with Crippen LogP contribution in [0.5, 0.6) is 0 Å². The van der Waals surface area contributed by atoms with E-state index in [2.05, 4.69) is 10.4 Å². The van der Waals surface area contributed by atoms with Crippen LogP contribution in [0.2, 0.25) is 0 Å².